The Hall–Kier alpha value is -3.44. The van der Waals surface area contributed by atoms with Gasteiger partial charge in [-0.25, -0.2) is 13.2 Å². The summed E-state index contributed by atoms with van der Waals surface area (Å²) in [6.45, 7) is -0.00601. The molecule has 1 N–H and O–H groups in total. The average molecular weight is 474 g/mol. The minimum Gasteiger partial charge on any atom is -0.495 e. The van der Waals surface area contributed by atoms with Crippen LogP contribution in [0, 0.1) is 0 Å². The van der Waals surface area contributed by atoms with E-state index in [2.05, 4.69) is 5.32 Å². The van der Waals surface area contributed by atoms with E-state index in [0.29, 0.717) is 24.5 Å². The van der Waals surface area contributed by atoms with Gasteiger partial charge in [0.05, 0.1) is 24.0 Å². The number of sulfonamides is 1. The number of carbonyl (C=O) groups is 3. The molecule has 4 rings (SSSR count). The van der Waals surface area contributed by atoms with Crippen LogP contribution in [0.5, 0.6) is 5.75 Å². The van der Waals surface area contributed by atoms with E-state index in [1.165, 1.54) is 34.5 Å². The summed E-state index contributed by atoms with van der Waals surface area (Å²) in [6, 6.07) is 10.7. The maximum Gasteiger partial charge on any atom is 0.338 e. The van der Waals surface area contributed by atoms with E-state index in [-0.39, 0.29) is 28.7 Å². The third-order valence-electron chi connectivity index (χ3n) is 5.48. The number of esters is 1. The number of methoxy groups -OCH3 is 1. The fourth-order valence-corrected chi connectivity index (χ4v) is 5.52. The molecule has 174 valence electrons. The summed E-state index contributed by atoms with van der Waals surface area (Å²) in [5.74, 6) is -1.69. The summed E-state index contributed by atoms with van der Waals surface area (Å²) < 4.78 is 37.7. The number of anilines is 2. The Morgan fingerprint density at radius 3 is 2.55 bits per heavy atom. The predicted molar refractivity (Wildman–Crippen MR) is 119 cm³/mol. The highest BCUT2D eigenvalue weighted by Crippen LogP contribution is 2.31. The Morgan fingerprint density at radius 2 is 1.82 bits per heavy atom. The topological polar surface area (TPSA) is 122 Å². The Bertz CT molecular complexity index is 1210. The number of ether oxygens (including phenoxy) is 2. The van der Waals surface area contributed by atoms with Gasteiger partial charge in [-0.05, 0) is 43.2 Å². The van der Waals surface area contributed by atoms with E-state index < -0.39 is 28.5 Å². The summed E-state index contributed by atoms with van der Waals surface area (Å²) >= 11 is 0. The van der Waals surface area contributed by atoms with Crippen molar-refractivity contribution >= 4 is 39.2 Å². The first-order chi connectivity index (χ1) is 15.8. The minimum absolute atomic E-state index is 0.0295. The number of nitrogens with one attached hydrogen (secondary N) is 1. The highest BCUT2D eigenvalue weighted by atomic mass is 32.2. The van der Waals surface area contributed by atoms with Crippen LogP contribution in [0.4, 0.5) is 11.4 Å². The lowest BCUT2D eigenvalue weighted by molar-refractivity contribution is -0.124. The second-order valence-corrected chi connectivity index (χ2v) is 9.50. The maximum atomic E-state index is 13.0. The standard InChI is InChI=1S/C22H23N3O7S/c1-31-18-9-8-15(12-19(18)33(29,30)24-10-4-5-11-24)22(28)32-14-21(27)25-13-20(26)23-16-6-2-3-7-17(16)25/h2-3,6-9,12H,4-5,10-11,13-14H2,1H3,(H,23,26). The Labute approximate surface area is 191 Å². The van der Waals surface area contributed by atoms with Gasteiger partial charge in [0.2, 0.25) is 15.9 Å². The van der Waals surface area contributed by atoms with Gasteiger partial charge >= 0.3 is 5.97 Å². The second kappa shape index (κ2) is 9.20. The van der Waals surface area contributed by atoms with Crippen molar-refractivity contribution in [2.24, 2.45) is 0 Å². The fraction of sp³-hybridized carbons (Fsp3) is 0.318. The molecular weight excluding hydrogens is 450 g/mol. The maximum absolute atomic E-state index is 13.0. The normalized spacial score (nSPS) is 16.2. The van der Waals surface area contributed by atoms with Crippen molar-refractivity contribution < 1.29 is 32.3 Å². The third-order valence-corrected chi connectivity index (χ3v) is 7.40. The summed E-state index contributed by atoms with van der Waals surface area (Å²) in [5, 5.41) is 2.68. The molecule has 2 aromatic rings. The van der Waals surface area contributed by atoms with E-state index in [1.807, 2.05) is 0 Å². The van der Waals surface area contributed by atoms with Gasteiger partial charge in [-0.15, -0.1) is 0 Å². The number of amides is 2. The van der Waals surface area contributed by atoms with Crippen molar-refractivity contribution in [3.63, 3.8) is 0 Å². The third kappa shape index (κ3) is 4.55. The second-order valence-electron chi connectivity index (χ2n) is 7.60. The average Bonchev–Trinajstić information content (AvgIpc) is 3.37. The number of hydrogen-bond acceptors (Lipinski definition) is 7. The summed E-state index contributed by atoms with van der Waals surface area (Å²) in [7, 11) is -2.50. The van der Waals surface area contributed by atoms with Crippen LogP contribution in [0.25, 0.3) is 0 Å². The van der Waals surface area contributed by atoms with Crippen LogP contribution in [0.2, 0.25) is 0 Å². The Balaban J connectivity index is 1.50. The van der Waals surface area contributed by atoms with Crippen molar-refractivity contribution in [3.8, 4) is 5.75 Å². The number of rotatable bonds is 6. The first kappa shape index (κ1) is 22.7. The van der Waals surface area contributed by atoms with Crippen molar-refractivity contribution in [3.05, 3.63) is 48.0 Å². The lowest BCUT2D eigenvalue weighted by atomic mass is 10.2. The van der Waals surface area contributed by atoms with E-state index in [9.17, 15) is 22.8 Å². The van der Waals surface area contributed by atoms with Crippen LogP contribution in [0.1, 0.15) is 23.2 Å². The molecular formula is C22H23N3O7S. The molecule has 2 amide bonds. The number of nitrogens with zero attached hydrogens (tertiary/aromatic N) is 2. The predicted octanol–water partition coefficient (Wildman–Crippen LogP) is 1.62. The molecule has 0 saturated carbocycles. The van der Waals surface area contributed by atoms with Crippen LogP contribution in [-0.4, -0.2) is 63.9 Å². The van der Waals surface area contributed by atoms with Crippen molar-refractivity contribution in [2.75, 3.05) is 43.6 Å². The molecule has 0 atom stereocenters. The molecule has 0 unspecified atom stereocenters. The van der Waals surface area contributed by atoms with E-state index >= 15 is 0 Å². The lowest BCUT2D eigenvalue weighted by Crippen LogP contribution is -2.44. The van der Waals surface area contributed by atoms with Gasteiger partial charge in [-0.2, -0.15) is 4.31 Å². The van der Waals surface area contributed by atoms with Crippen LogP contribution >= 0.6 is 0 Å². The molecule has 0 spiro atoms. The number of hydrogen-bond donors (Lipinski definition) is 1. The molecule has 2 aliphatic rings. The fourth-order valence-electron chi connectivity index (χ4n) is 3.82. The Morgan fingerprint density at radius 1 is 1.09 bits per heavy atom. The van der Waals surface area contributed by atoms with Crippen LogP contribution < -0.4 is 15.0 Å². The highest BCUT2D eigenvalue weighted by Gasteiger charge is 2.31. The zero-order chi connectivity index (χ0) is 23.6. The van der Waals surface area contributed by atoms with E-state index in [0.717, 1.165) is 12.8 Å². The van der Waals surface area contributed by atoms with Crippen molar-refractivity contribution in [1.29, 1.82) is 0 Å². The molecule has 33 heavy (non-hydrogen) atoms. The van der Waals surface area contributed by atoms with Gasteiger partial charge in [0, 0.05) is 13.1 Å². The summed E-state index contributed by atoms with van der Waals surface area (Å²) in [6.07, 6.45) is 1.53. The molecule has 0 aliphatic carbocycles. The van der Waals surface area contributed by atoms with Crippen molar-refractivity contribution in [2.45, 2.75) is 17.7 Å². The first-order valence-corrected chi connectivity index (χ1v) is 11.8. The van der Waals surface area contributed by atoms with Crippen molar-refractivity contribution in [1.82, 2.24) is 4.31 Å². The van der Waals surface area contributed by atoms with Gasteiger partial charge in [-0.1, -0.05) is 12.1 Å². The van der Waals surface area contributed by atoms with E-state index in [1.54, 1.807) is 24.3 Å². The largest absolute Gasteiger partial charge is 0.495 e. The quantitative estimate of drug-likeness (QED) is 0.633. The van der Waals surface area contributed by atoms with Gasteiger partial charge < -0.3 is 14.8 Å². The number of para-hydroxylation sites is 2. The minimum atomic E-state index is -3.84. The molecule has 1 fully saturated rings. The Kier molecular flexibility index (Phi) is 6.34. The van der Waals surface area contributed by atoms with Crippen LogP contribution in [0.15, 0.2) is 47.4 Å². The summed E-state index contributed by atoms with van der Waals surface area (Å²) in [5.41, 5.74) is 0.958. The molecule has 0 radical (unpaired) electrons. The zero-order valence-corrected chi connectivity index (χ0v) is 18.8. The van der Waals surface area contributed by atoms with Gasteiger partial charge in [0.25, 0.3) is 5.91 Å². The van der Waals surface area contributed by atoms with Gasteiger partial charge in [-0.3, -0.25) is 14.5 Å². The molecule has 11 heteroatoms. The number of fused-ring (bicyclic) bond motifs is 1. The number of carbonyl (C=O) groups excluding carboxylic acids is 3. The molecule has 1 saturated heterocycles. The SMILES string of the molecule is COc1ccc(C(=O)OCC(=O)N2CC(=O)Nc3ccccc32)cc1S(=O)(=O)N1CCCC1. The smallest absolute Gasteiger partial charge is 0.338 e. The van der Waals surface area contributed by atoms with Crippen LogP contribution in [-0.2, 0) is 24.3 Å². The molecule has 2 aliphatic heterocycles. The van der Waals surface area contributed by atoms with Gasteiger partial charge in [0.1, 0.15) is 17.2 Å². The molecule has 0 aromatic heterocycles. The summed E-state index contributed by atoms with van der Waals surface area (Å²) in [4.78, 5) is 38.3. The first-order valence-electron chi connectivity index (χ1n) is 10.4. The molecule has 10 nitrogen and oxygen atoms in total. The van der Waals surface area contributed by atoms with Crippen LogP contribution in [0.3, 0.4) is 0 Å². The van der Waals surface area contributed by atoms with E-state index in [4.69, 9.17) is 9.47 Å². The zero-order valence-electron chi connectivity index (χ0n) is 17.9. The number of benzene rings is 2. The molecule has 2 aromatic carbocycles. The van der Waals surface area contributed by atoms with Gasteiger partial charge in [0.15, 0.2) is 6.61 Å². The highest BCUT2D eigenvalue weighted by molar-refractivity contribution is 7.89. The lowest BCUT2D eigenvalue weighted by Gasteiger charge is -2.28. The molecule has 0 bridgehead atoms. The molecule has 2 heterocycles. The monoisotopic (exact) mass is 473 g/mol.